The molecule has 3 nitrogen and oxygen atoms in total. The number of rotatable bonds is 4. The third kappa shape index (κ3) is 3.44. The molecule has 0 aromatic carbocycles. The Hall–Kier alpha value is -0.120. The Morgan fingerprint density at radius 1 is 1.27 bits per heavy atom. The number of ether oxygens (including phenoxy) is 1. The van der Waals surface area contributed by atoms with Crippen LogP contribution < -0.4 is 5.73 Å². The Kier molecular flexibility index (Phi) is 4.42. The molecule has 2 unspecified atom stereocenters. The molecular formula is C12H24N2O. The second kappa shape index (κ2) is 5.83. The monoisotopic (exact) mass is 212 g/mol. The highest BCUT2D eigenvalue weighted by Crippen LogP contribution is 2.22. The van der Waals surface area contributed by atoms with Gasteiger partial charge in [-0.25, -0.2) is 0 Å². The molecule has 2 heterocycles. The molecule has 2 rings (SSSR count). The Morgan fingerprint density at radius 3 is 2.93 bits per heavy atom. The fourth-order valence-electron chi connectivity index (χ4n) is 2.88. The van der Waals surface area contributed by atoms with Gasteiger partial charge in [-0.15, -0.1) is 0 Å². The number of hydrogen-bond donors (Lipinski definition) is 1. The molecular weight excluding hydrogens is 188 g/mol. The van der Waals surface area contributed by atoms with Gasteiger partial charge < -0.3 is 15.4 Å². The summed E-state index contributed by atoms with van der Waals surface area (Å²) in [5.74, 6) is 1.65. The van der Waals surface area contributed by atoms with Gasteiger partial charge in [-0.1, -0.05) is 0 Å². The first-order chi connectivity index (χ1) is 7.38. The average Bonchev–Trinajstić information content (AvgIpc) is 2.71. The van der Waals surface area contributed by atoms with Crippen molar-refractivity contribution in [2.24, 2.45) is 17.6 Å². The first kappa shape index (κ1) is 11.4. The molecule has 88 valence electrons. The maximum Gasteiger partial charge on any atom is 0.0507 e. The van der Waals surface area contributed by atoms with Crippen LogP contribution in [0, 0.1) is 11.8 Å². The summed E-state index contributed by atoms with van der Waals surface area (Å²) >= 11 is 0. The van der Waals surface area contributed by atoms with E-state index in [2.05, 4.69) is 4.90 Å². The fourth-order valence-corrected chi connectivity index (χ4v) is 2.88. The molecule has 2 aliphatic heterocycles. The Balaban J connectivity index is 1.71. The number of hydrogen-bond acceptors (Lipinski definition) is 3. The van der Waals surface area contributed by atoms with Crippen molar-refractivity contribution in [3.05, 3.63) is 0 Å². The maximum atomic E-state index is 5.63. The van der Waals surface area contributed by atoms with E-state index in [-0.39, 0.29) is 0 Å². The van der Waals surface area contributed by atoms with E-state index in [0.717, 1.165) is 31.6 Å². The van der Waals surface area contributed by atoms with Crippen LogP contribution in [0.5, 0.6) is 0 Å². The SMILES string of the molecule is NCCC1CCCN(CC2CCOC2)C1. The molecule has 2 atom stereocenters. The second-order valence-electron chi connectivity index (χ2n) is 5.07. The molecule has 2 N–H and O–H groups in total. The van der Waals surface area contributed by atoms with Crippen molar-refractivity contribution in [1.82, 2.24) is 4.90 Å². The van der Waals surface area contributed by atoms with Gasteiger partial charge in [0, 0.05) is 19.7 Å². The van der Waals surface area contributed by atoms with Crippen molar-refractivity contribution in [2.75, 3.05) is 39.4 Å². The average molecular weight is 212 g/mol. The molecule has 0 aromatic heterocycles. The summed E-state index contributed by atoms with van der Waals surface area (Å²) in [6, 6.07) is 0. The number of nitrogens with two attached hydrogens (primary N) is 1. The van der Waals surface area contributed by atoms with Crippen LogP contribution in [-0.4, -0.2) is 44.3 Å². The van der Waals surface area contributed by atoms with Crippen molar-refractivity contribution in [3.63, 3.8) is 0 Å². The minimum Gasteiger partial charge on any atom is -0.381 e. The molecule has 2 fully saturated rings. The second-order valence-corrected chi connectivity index (χ2v) is 5.07. The van der Waals surface area contributed by atoms with Gasteiger partial charge >= 0.3 is 0 Å². The third-order valence-electron chi connectivity index (χ3n) is 3.72. The summed E-state index contributed by atoms with van der Waals surface area (Å²) in [4.78, 5) is 2.63. The quantitative estimate of drug-likeness (QED) is 0.758. The van der Waals surface area contributed by atoms with E-state index in [1.807, 2.05) is 0 Å². The van der Waals surface area contributed by atoms with Crippen LogP contribution in [0.2, 0.25) is 0 Å². The lowest BCUT2D eigenvalue weighted by atomic mass is 9.94. The molecule has 15 heavy (non-hydrogen) atoms. The molecule has 0 bridgehead atoms. The van der Waals surface area contributed by atoms with Gasteiger partial charge in [0.1, 0.15) is 0 Å². The van der Waals surface area contributed by atoms with E-state index in [9.17, 15) is 0 Å². The highest BCUT2D eigenvalue weighted by molar-refractivity contribution is 4.76. The Labute approximate surface area is 93.0 Å². The smallest absolute Gasteiger partial charge is 0.0507 e. The predicted molar refractivity (Wildman–Crippen MR) is 61.8 cm³/mol. The fraction of sp³-hybridized carbons (Fsp3) is 1.00. The normalized spacial score (nSPS) is 33.4. The van der Waals surface area contributed by atoms with Crippen molar-refractivity contribution < 1.29 is 4.74 Å². The van der Waals surface area contributed by atoms with Crippen molar-refractivity contribution in [1.29, 1.82) is 0 Å². The largest absolute Gasteiger partial charge is 0.381 e. The first-order valence-electron chi connectivity index (χ1n) is 6.38. The predicted octanol–water partition coefficient (Wildman–Crippen LogP) is 1.08. The molecule has 2 saturated heterocycles. The van der Waals surface area contributed by atoms with Crippen LogP contribution in [-0.2, 0) is 4.74 Å². The Morgan fingerprint density at radius 2 is 2.20 bits per heavy atom. The Bertz CT molecular complexity index is 178. The molecule has 3 heteroatoms. The van der Waals surface area contributed by atoms with E-state index in [1.165, 1.54) is 45.3 Å². The lowest BCUT2D eigenvalue weighted by Gasteiger charge is -2.33. The van der Waals surface area contributed by atoms with Crippen LogP contribution in [0.3, 0.4) is 0 Å². The van der Waals surface area contributed by atoms with Crippen LogP contribution in [0.1, 0.15) is 25.7 Å². The summed E-state index contributed by atoms with van der Waals surface area (Å²) < 4.78 is 5.43. The van der Waals surface area contributed by atoms with Crippen LogP contribution in [0.25, 0.3) is 0 Å². The standard InChI is InChI=1S/C12H24N2O/c13-5-3-11-2-1-6-14(8-11)9-12-4-7-15-10-12/h11-12H,1-10,13H2. The number of piperidine rings is 1. The van der Waals surface area contributed by atoms with Gasteiger partial charge in [-0.3, -0.25) is 0 Å². The summed E-state index contributed by atoms with van der Waals surface area (Å²) in [7, 11) is 0. The molecule has 0 aliphatic carbocycles. The van der Waals surface area contributed by atoms with Crippen LogP contribution in [0.15, 0.2) is 0 Å². The zero-order valence-electron chi connectivity index (χ0n) is 9.66. The zero-order chi connectivity index (χ0) is 10.5. The highest BCUT2D eigenvalue weighted by Gasteiger charge is 2.23. The molecule has 0 amide bonds. The summed E-state index contributed by atoms with van der Waals surface area (Å²) in [6.07, 6.45) is 5.21. The summed E-state index contributed by atoms with van der Waals surface area (Å²) in [5, 5.41) is 0. The maximum absolute atomic E-state index is 5.63. The van der Waals surface area contributed by atoms with Crippen LogP contribution >= 0.6 is 0 Å². The van der Waals surface area contributed by atoms with Gasteiger partial charge in [-0.2, -0.15) is 0 Å². The van der Waals surface area contributed by atoms with Gasteiger partial charge in [0.05, 0.1) is 6.61 Å². The lowest BCUT2D eigenvalue weighted by Crippen LogP contribution is -2.39. The first-order valence-corrected chi connectivity index (χ1v) is 6.38. The van der Waals surface area contributed by atoms with Crippen molar-refractivity contribution in [3.8, 4) is 0 Å². The van der Waals surface area contributed by atoms with E-state index in [0.29, 0.717) is 0 Å². The third-order valence-corrected chi connectivity index (χ3v) is 3.72. The van der Waals surface area contributed by atoms with Crippen molar-refractivity contribution in [2.45, 2.75) is 25.7 Å². The molecule has 0 spiro atoms. The van der Waals surface area contributed by atoms with Gasteiger partial charge in [-0.05, 0) is 50.6 Å². The minimum absolute atomic E-state index is 0.793. The van der Waals surface area contributed by atoms with E-state index in [4.69, 9.17) is 10.5 Å². The van der Waals surface area contributed by atoms with E-state index >= 15 is 0 Å². The minimum atomic E-state index is 0.793. The van der Waals surface area contributed by atoms with Crippen LogP contribution in [0.4, 0.5) is 0 Å². The summed E-state index contributed by atoms with van der Waals surface area (Å²) in [6.45, 7) is 6.63. The molecule has 0 radical (unpaired) electrons. The van der Waals surface area contributed by atoms with Gasteiger partial charge in [0.2, 0.25) is 0 Å². The van der Waals surface area contributed by atoms with E-state index < -0.39 is 0 Å². The van der Waals surface area contributed by atoms with Gasteiger partial charge in [0.25, 0.3) is 0 Å². The molecule has 0 aromatic rings. The van der Waals surface area contributed by atoms with Crippen molar-refractivity contribution >= 4 is 0 Å². The molecule has 0 saturated carbocycles. The highest BCUT2D eigenvalue weighted by atomic mass is 16.5. The topological polar surface area (TPSA) is 38.5 Å². The zero-order valence-corrected chi connectivity index (χ0v) is 9.66. The lowest BCUT2D eigenvalue weighted by molar-refractivity contribution is 0.132. The molecule has 2 aliphatic rings. The van der Waals surface area contributed by atoms with Gasteiger partial charge in [0.15, 0.2) is 0 Å². The summed E-state index contributed by atoms with van der Waals surface area (Å²) in [5.41, 5.74) is 5.63. The van der Waals surface area contributed by atoms with E-state index in [1.54, 1.807) is 0 Å². The number of likely N-dealkylation sites (tertiary alicyclic amines) is 1. The number of nitrogens with zero attached hydrogens (tertiary/aromatic N) is 1.